The number of rotatable bonds is 7. The van der Waals surface area contributed by atoms with Crippen LogP contribution in [0.3, 0.4) is 0 Å². The Balaban J connectivity index is 1.65. The summed E-state index contributed by atoms with van der Waals surface area (Å²) in [6, 6.07) is 9.63. The maximum atomic E-state index is 11.6. The highest BCUT2D eigenvalue weighted by Gasteiger charge is 2.17. The molecule has 1 aliphatic rings. The van der Waals surface area contributed by atoms with Gasteiger partial charge in [-0.25, -0.2) is 14.8 Å². The SMILES string of the molecule is CCOC(=O)Nc1cc2c(c(N)n1)N=C(CCN(C)c1ccc(OC)cc1)CN2. The number of fused-ring (bicyclic) bond motifs is 1. The largest absolute Gasteiger partial charge is 0.497 e. The molecule has 0 aliphatic carbocycles. The highest BCUT2D eigenvalue weighted by atomic mass is 16.5. The summed E-state index contributed by atoms with van der Waals surface area (Å²) in [5.74, 6) is 1.41. The van der Waals surface area contributed by atoms with Crippen LogP contribution >= 0.6 is 0 Å². The Kier molecular flexibility index (Phi) is 6.38. The molecule has 0 atom stereocenters. The molecule has 3 rings (SSSR count). The van der Waals surface area contributed by atoms with Crippen LogP contribution in [-0.2, 0) is 4.74 Å². The zero-order valence-corrected chi connectivity index (χ0v) is 16.9. The number of amides is 1. The van der Waals surface area contributed by atoms with E-state index in [9.17, 15) is 4.79 Å². The Labute approximate surface area is 169 Å². The molecule has 2 heterocycles. The molecule has 0 radical (unpaired) electrons. The number of hydrogen-bond donors (Lipinski definition) is 3. The van der Waals surface area contributed by atoms with Crippen molar-refractivity contribution in [1.82, 2.24) is 4.98 Å². The van der Waals surface area contributed by atoms with Crippen molar-refractivity contribution in [2.75, 3.05) is 55.1 Å². The van der Waals surface area contributed by atoms with Crippen molar-refractivity contribution in [2.45, 2.75) is 13.3 Å². The first-order chi connectivity index (χ1) is 14.0. The Hall–Kier alpha value is -3.49. The molecule has 29 heavy (non-hydrogen) atoms. The van der Waals surface area contributed by atoms with Gasteiger partial charge in [-0.15, -0.1) is 0 Å². The topological polar surface area (TPSA) is 114 Å². The zero-order valence-electron chi connectivity index (χ0n) is 16.9. The lowest BCUT2D eigenvalue weighted by Crippen LogP contribution is -2.26. The fraction of sp³-hybridized carbons (Fsp3) is 0.350. The molecule has 9 nitrogen and oxygen atoms in total. The molecular formula is C20H26N6O3. The normalized spacial score (nSPS) is 12.3. The quantitative estimate of drug-likeness (QED) is 0.656. The van der Waals surface area contributed by atoms with E-state index < -0.39 is 6.09 Å². The number of nitrogen functional groups attached to an aromatic ring is 1. The van der Waals surface area contributed by atoms with E-state index >= 15 is 0 Å². The molecule has 4 N–H and O–H groups in total. The summed E-state index contributed by atoms with van der Waals surface area (Å²) in [5, 5.41) is 5.85. The highest BCUT2D eigenvalue weighted by Crippen LogP contribution is 2.35. The van der Waals surface area contributed by atoms with Gasteiger partial charge in [0.2, 0.25) is 0 Å². The summed E-state index contributed by atoms with van der Waals surface area (Å²) in [6.07, 6.45) is 0.206. The van der Waals surface area contributed by atoms with Crippen LogP contribution in [0.15, 0.2) is 35.3 Å². The molecular weight excluding hydrogens is 372 g/mol. The molecule has 1 amide bonds. The fourth-order valence-electron chi connectivity index (χ4n) is 2.95. The van der Waals surface area contributed by atoms with Gasteiger partial charge in [0, 0.05) is 37.5 Å². The Morgan fingerprint density at radius 1 is 1.34 bits per heavy atom. The van der Waals surface area contributed by atoms with Gasteiger partial charge in [0.1, 0.15) is 17.3 Å². The standard InChI is InChI=1S/C20H26N6O3/c1-4-29-20(27)25-17-11-16-18(19(21)24-17)23-13(12-22-16)9-10-26(2)14-5-7-15(28-3)8-6-14/h5-8,11,22H,4,9-10,12H2,1-3H3,(H3,21,24,25,27). The predicted molar refractivity (Wildman–Crippen MR) is 116 cm³/mol. The van der Waals surface area contributed by atoms with Gasteiger partial charge in [0.05, 0.1) is 25.9 Å². The number of aromatic nitrogens is 1. The van der Waals surface area contributed by atoms with Gasteiger partial charge in [0.15, 0.2) is 5.82 Å². The van der Waals surface area contributed by atoms with E-state index in [2.05, 4.69) is 25.5 Å². The number of benzene rings is 1. The maximum Gasteiger partial charge on any atom is 0.412 e. The Morgan fingerprint density at radius 3 is 2.79 bits per heavy atom. The van der Waals surface area contributed by atoms with Gasteiger partial charge < -0.3 is 25.4 Å². The molecule has 1 aliphatic heterocycles. The summed E-state index contributed by atoms with van der Waals surface area (Å²) in [6.45, 7) is 3.42. The minimum Gasteiger partial charge on any atom is -0.497 e. The number of nitrogens with zero attached hydrogens (tertiary/aromatic N) is 3. The van der Waals surface area contributed by atoms with Crippen molar-refractivity contribution in [2.24, 2.45) is 4.99 Å². The highest BCUT2D eigenvalue weighted by molar-refractivity contribution is 5.98. The van der Waals surface area contributed by atoms with Crippen molar-refractivity contribution in [3.63, 3.8) is 0 Å². The number of methoxy groups -OCH3 is 1. The number of nitrogens with two attached hydrogens (primary N) is 1. The van der Waals surface area contributed by atoms with E-state index in [1.807, 2.05) is 31.3 Å². The van der Waals surface area contributed by atoms with Crippen LogP contribution in [0.25, 0.3) is 0 Å². The van der Waals surface area contributed by atoms with Crippen molar-refractivity contribution in [3.05, 3.63) is 30.3 Å². The monoisotopic (exact) mass is 398 g/mol. The Morgan fingerprint density at radius 2 is 2.10 bits per heavy atom. The smallest absolute Gasteiger partial charge is 0.412 e. The van der Waals surface area contributed by atoms with Crippen LogP contribution in [-0.4, -0.2) is 50.6 Å². The van der Waals surface area contributed by atoms with Crippen LogP contribution in [0, 0.1) is 0 Å². The molecule has 1 aromatic carbocycles. The van der Waals surface area contributed by atoms with Crippen LogP contribution in [0.4, 0.5) is 33.5 Å². The first-order valence-electron chi connectivity index (χ1n) is 9.40. The van der Waals surface area contributed by atoms with Crippen LogP contribution < -0.4 is 26.0 Å². The van der Waals surface area contributed by atoms with E-state index in [4.69, 9.17) is 15.2 Å². The molecule has 154 valence electrons. The second kappa shape index (κ2) is 9.13. The summed E-state index contributed by atoms with van der Waals surface area (Å²) >= 11 is 0. The molecule has 1 aromatic heterocycles. The average Bonchev–Trinajstić information content (AvgIpc) is 2.72. The number of carbonyl (C=O) groups is 1. The Bertz CT molecular complexity index is 898. The minimum absolute atomic E-state index is 0.252. The van der Waals surface area contributed by atoms with E-state index in [1.165, 1.54) is 0 Å². The van der Waals surface area contributed by atoms with Crippen molar-refractivity contribution < 1.29 is 14.3 Å². The van der Waals surface area contributed by atoms with Crippen LogP contribution in [0.1, 0.15) is 13.3 Å². The lowest BCUT2D eigenvalue weighted by molar-refractivity contribution is 0.168. The molecule has 0 saturated carbocycles. The third-order valence-corrected chi connectivity index (χ3v) is 4.53. The lowest BCUT2D eigenvalue weighted by atomic mass is 10.1. The van der Waals surface area contributed by atoms with Crippen LogP contribution in [0.2, 0.25) is 0 Å². The van der Waals surface area contributed by atoms with E-state index in [-0.39, 0.29) is 12.4 Å². The number of hydrogen-bond acceptors (Lipinski definition) is 8. The number of carbonyl (C=O) groups excluding carboxylic acids is 1. The molecule has 0 spiro atoms. The minimum atomic E-state index is -0.569. The molecule has 0 fully saturated rings. The first kappa shape index (κ1) is 20.2. The first-order valence-corrected chi connectivity index (χ1v) is 9.40. The molecule has 2 aromatic rings. The van der Waals surface area contributed by atoms with Gasteiger partial charge in [-0.1, -0.05) is 0 Å². The van der Waals surface area contributed by atoms with Crippen molar-refractivity contribution >= 4 is 40.5 Å². The molecule has 0 saturated heterocycles. The second-order valence-electron chi connectivity index (χ2n) is 6.54. The fourth-order valence-corrected chi connectivity index (χ4v) is 2.95. The second-order valence-corrected chi connectivity index (χ2v) is 6.54. The van der Waals surface area contributed by atoms with Gasteiger partial charge in [0.25, 0.3) is 0 Å². The number of nitrogens with one attached hydrogen (secondary N) is 2. The van der Waals surface area contributed by atoms with Crippen molar-refractivity contribution in [3.8, 4) is 5.75 Å². The third kappa shape index (κ3) is 5.07. The van der Waals surface area contributed by atoms with Crippen LogP contribution in [0.5, 0.6) is 5.75 Å². The number of ether oxygens (including phenoxy) is 2. The molecule has 9 heteroatoms. The maximum absolute atomic E-state index is 11.6. The van der Waals surface area contributed by atoms with Gasteiger partial charge >= 0.3 is 6.09 Å². The molecule has 0 unspecified atom stereocenters. The van der Waals surface area contributed by atoms with E-state index in [0.29, 0.717) is 18.1 Å². The number of aliphatic imine (C=N–C) groups is 1. The number of anilines is 4. The average molecular weight is 398 g/mol. The summed E-state index contributed by atoms with van der Waals surface area (Å²) in [4.78, 5) is 22.6. The van der Waals surface area contributed by atoms with Gasteiger partial charge in [-0.3, -0.25) is 5.32 Å². The van der Waals surface area contributed by atoms with E-state index in [0.717, 1.165) is 35.8 Å². The summed E-state index contributed by atoms with van der Waals surface area (Å²) in [5.41, 5.74) is 9.47. The third-order valence-electron chi connectivity index (χ3n) is 4.53. The molecule has 0 bridgehead atoms. The van der Waals surface area contributed by atoms with Gasteiger partial charge in [-0.05, 0) is 31.2 Å². The predicted octanol–water partition coefficient (Wildman–Crippen LogP) is 3.27. The summed E-state index contributed by atoms with van der Waals surface area (Å²) in [7, 11) is 3.69. The van der Waals surface area contributed by atoms with Crippen molar-refractivity contribution in [1.29, 1.82) is 0 Å². The lowest BCUT2D eigenvalue weighted by Gasteiger charge is -2.23. The van der Waals surface area contributed by atoms with E-state index in [1.54, 1.807) is 20.1 Å². The summed E-state index contributed by atoms with van der Waals surface area (Å²) < 4.78 is 10.1. The number of pyridine rings is 1. The van der Waals surface area contributed by atoms with Gasteiger partial charge in [-0.2, -0.15) is 0 Å². The zero-order chi connectivity index (χ0) is 20.8.